The molecule has 2 heterocycles. The number of carbonyl (C=O) groups is 2. The minimum Gasteiger partial charge on any atom is -0.442 e. The van der Waals surface area contributed by atoms with Crippen molar-refractivity contribution < 1.29 is 23.9 Å². The van der Waals surface area contributed by atoms with Crippen molar-refractivity contribution in [2.45, 2.75) is 19.6 Å². The molecule has 0 bridgehead atoms. The van der Waals surface area contributed by atoms with Gasteiger partial charge in [0, 0.05) is 36.6 Å². The summed E-state index contributed by atoms with van der Waals surface area (Å²) in [6, 6.07) is 12.8. The highest BCUT2D eigenvalue weighted by Crippen LogP contribution is 2.37. The summed E-state index contributed by atoms with van der Waals surface area (Å²) in [7, 11) is 0. The molecule has 0 saturated heterocycles. The number of amides is 2. The second-order valence-corrected chi connectivity index (χ2v) is 6.34. The first kappa shape index (κ1) is 17.7. The Balaban J connectivity index is 1.31. The third-order valence-electron chi connectivity index (χ3n) is 4.28. The molecule has 1 aliphatic rings. The van der Waals surface area contributed by atoms with Crippen LogP contribution in [0.1, 0.15) is 12.5 Å². The topological polar surface area (TPSA) is 102 Å². The molecule has 1 aliphatic heterocycles. The van der Waals surface area contributed by atoms with Crippen LogP contribution in [0.3, 0.4) is 0 Å². The molecular formula is C20H19N3O5. The Bertz CT molecular complexity index is 1030. The number of fused-ring (bicyclic) bond motifs is 2. The van der Waals surface area contributed by atoms with Crippen molar-refractivity contribution in [1.29, 1.82) is 0 Å². The van der Waals surface area contributed by atoms with Crippen molar-refractivity contribution in [2.75, 3.05) is 6.54 Å². The molecule has 0 fully saturated rings. The molecule has 1 atom stereocenters. The molecule has 8 heteroatoms. The minimum atomic E-state index is -1.06. The van der Waals surface area contributed by atoms with Crippen LogP contribution in [0, 0.1) is 0 Å². The van der Waals surface area contributed by atoms with Gasteiger partial charge in [-0.15, -0.1) is 0 Å². The van der Waals surface area contributed by atoms with Crippen molar-refractivity contribution in [3.63, 3.8) is 0 Å². The van der Waals surface area contributed by atoms with Crippen LogP contribution in [0.25, 0.3) is 10.9 Å². The van der Waals surface area contributed by atoms with Gasteiger partial charge in [0.05, 0.1) is 0 Å². The second kappa shape index (κ2) is 7.51. The van der Waals surface area contributed by atoms with Crippen molar-refractivity contribution >= 4 is 22.7 Å². The molecule has 1 unspecified atom stereocenters. The van der Waals surface area contributed by atoms with Crippen molar-refractivity contribution in [3.05, 3.63) is 54.2 Å². The number of nitrogens with one attached hydrogen (secondary N) is 3. The van der Waals surface area contributed by atoms with Crippen molar-refractivity contribution in [3.8, 4) is 17.2 Å². The number of aromatic amines is 1. The first-order valence-corrected chi connectivity index (χ1v) is 8.83. The molecule has 1 aromatic heterocycles. The molecule has 28 heavy (non-hydrogen) atoms. The summed E-state index contributed by atoms with van der Waals surface area (Å²) >= 11 is 0. The van der Waals surface area contributed by atoms with Gasteiger partial charge in [0.15, 0.2) is 17.2 Å². The number of H-pyrrole nitrogens is 1. The Morgan fingerprint density at radius 2 is 1.96 bits per heavy atom. The van der Waals surface area contributed by atoms with Gasteiger partial charge < -0.3 is 24.6 Å². The molecule has 3 aromatic rings. The van der Waals surface area contributed by atoms with E-state index < -0.39 is 6.29 Å². The average Bonchev–Trinajstić information content (AvgIpc) is 3.30. The molecule has 0 spiro atoms. The Morgan fingerprint density at radius 3 is 2.82 bits per heavy atom. The van der Waals surface area contributed by atoms with Gasteiger partial charge in [-0.2, -0.15) is 5.48 Å². The zero-order valence-electron chi connectivity index (χ0n) is 15.2. The average molecular weight is 381 g/mol. The lowest BCUT2D eigenvalue weighted by molar-refractivity contribution is -0.136. The van der Waals surface area contributed by atoms with E-state index in [1.807, 2.05) is 30.5 Å². The van der Waals surface area contributed by atoms with E-state index in [1.54, 1.807) is 18.2 Å². The van der Waals surface area contributed by atoms with Gasteiger partial charge in [-0.25, -0.2) is 0 Å². The predicted molar refractivity (Wildman–Crippen MR) is 101 cm³/mol. The fourth-order valence-electron chi connectivity index (χ4n) is 2.98. The lowest BCUT2D eigenvalue weighted by atomic mass is 10.1. The largest absolute Gasteiger partial charge is 0.442 e. The number of carbonyl (C=O) groups excluding carboxylic acids is 2. The highest BCUT2D eigenvalue weighted by molar-refractivity contribution is 5.83. The monoisotopic (exact) mass is 381 g/mol. The summed E-state index contributed by atoms with van der Waals surface area (Å²) in [6.07, 6.45) is 1.57. The summed E-state index contributed by atoms with van der Waals surface area (Å²) < 4.78 is 11.1. The number of hydroxylamine groups is 1. The standard InChI is InChI=1S/C20H19N3O5/c1-12(24)23-28-14-6-7-17-18(10-14)27-20(26-17)19(25)21-9-8-13-11-22-16-5-3-2-4-15(13)16/h2-7,10-11,20,22H,8-9H2,1H3,(H,21,25)(H,23,24). The number of para-hydroxylation sites is 1. The smallest absolute Gasteiger partial charge is 0.321 e. The molecular weight excluding hydrogens is 362 g/mol. The fraction of sp³-hybridized carbons (Fsp3) is 0.200. The van der Waals surface area contributed by atoms with Crippen LogP contribution in [0.2, 0.25) is 0 Å². The number of benzene rings is 2. The Labute approximate surface area is 160 Å². The van der Waals surface area contributed by atoms with E-state index in [0.717, 1.165) is 16.5 Å². The van der Waals surface area contributed by atoms with Gasteiger partial charge in [0.2, 0.25) is 5.91 Å². The zero-order chi connectivity index (χ0) is 19.5. The normalized spacial score (nSPS) is 14.7. The molecule has 8 nitrogen and oxygen atoms in total. The summed E-state index contributed by atoms with van der Waals surface area (Å²) in [6.45, 7) is 1.79. The highest BCUT2D eigenvalue weighted by Gasteiger charge is 2.31. The fourth-order valence-corrected chi connectivity index (χ4v) is 2.98. The predicted octanol–water partition coefficient (Wildman–Crippen LogP) is 2.05. The maximum atomic E-state index is 12.3. The Kier molecular flexibility index (Phi) is 4.76. The van der Waals surface area contributed by atoms with Gasteiger partial charge in [-0.3, -0.25) is 9.59 Å². The van der Waals surface area contributed by atoms with Gasteiger partial charge >= 0.3 is 12.2 Å². The van der Waals surface area contributed by atoms with Gasteiger partial charge in [-0.05, 0) is 30.2 Å². The lowest BCUT2D eigenvalue weighted by Crippen LogP contribution is -2.40. The molecule has 144 valence electrons. The molecule has 0 aliphatic carbocycles. The third kappa shape index (κ3) is 3.71. The van der Waals surface area contributed by atoms with E-state index in [1.165, 1.54) is 6.92 Å². The number of hydrogen-bond donors (Lipinski definition) is 3. The van der Waals surface area contributed by atoms with Gasteiger partial charge in [0.25, 0.3) is 0 Å². The minimum absolute atomic E-state index is 0.329. The van der Waals surface area contributed by atoms with Crippen LogP contribution in [0.4, 0.5) is 0 Å². The first-order valence-electron chi connectivity index (χ1n) is 8.83. The summed E-state index contributed by atoms with van der Waals surface area (Å²) in [5, 5.41) is 3.97. The maximum absolute atomic E-state index is 12.3. The molecule has 3 N–H and O–H groups in total. The Morgan fingerprint density at radius 1 is 1.14 bits per heavy atom. The molecule has 2 amide bonds. The van der Waals surface area contributed by atoms with E-state index in [-0.39, 0.29) is 11.8 Å². The lowest BCUT2D eigenvalue weighted by Gasteiger charge is -2.10. The first-order chi connectivity index (χ1) is 13.6. The molecule has 4 rings (SSSR count). The van der Waals surface area contributed by atoms with Crippen molar-refractivity contribution in [1.82, 2.24) is 15.8 Å². The number of ether oxygens (including phenoxy) is 2. The quantitative estimate of drug-likeness (QED) is 0.568. The number of rotatable bonds is 6. The summed E-state index contributed by atoms with van der Waals surface area (Å²) in [5.41, 5.74) is 4.42. The second-order valence-electron chi connectivity index (χ2n) is 6.34. The third-order valence-corrected chi connectivity index (χ3v) is 4.28. The van der Waals surface area contributed by atoms with Crippen molar-refractivity contribution in [2.24, 2.45) is 0 Å². The Hall–Kier alpha value is -3.68. The van der Waals surface area contributed by atoms with E-state index >= 15 is 0 Å². The van der Waals surface area contributed by atoms with Crippen LogP contribution < -0.4 is 25.1 Å². The van der Waals surface area contributed by atoms with E-state index in [9.17, 15) is 9.59 Å². The maximum Gasteiger partial charge on any atom is 0.321 e. The SMILES string of the molecule is CC(=O)NOc1ccc2c(c1)OC(C(=O)NCCc1c[nH]c3ccccc13)O2. The number of hydrogen-bond acceptors (Lipinski definition) is 5. The van der Waals surface area contributed by atoms with E-state index in [0.29, 0.717) is 30.2 Å². The van der Waals surface area contributed by atoms with Crippen LogP contribution in [-0.4, -0.2) is 29.6 Å². The van der Waals surface area contributed by atoms with Crippen LogP contribution in [-0.2, 0) is 16.0 Å². The van der Waals surface area contributed by atoms with E-state index in [4.69, 9.17) is 14.3 Å². The number of aromatic nitrogens is 1. The summed E-state index contributed by atoms with van der Waals surface area (Å²) in [4.78, 5) is 31.6. The van der Waals surface area contributed by atoms with Gasteiger partial charge in [0.1, 0.15) is 0 Å². The summed E-state index contributed by atoms with van der Waals surface area (Å²) in [5.74, 6) is 0.495. The van der Waals surface area contributed by atoms with E-state index in [2.05, 4.69) is 15.8 Å². The molecule has 0 saturated carbocycles. The van der Waals surface area contributed by atoms with Crippen LogP contribution >= 0.6 is 0 Å². The van der Waals surface area contributed by atoms with Crippen LogP contribution in [0.5, 0.6) is 17.2 Å². The zero-order valence-corrected chi connectivity index (χ0v) is 15.2. The molecule has 0 radical (unpaired) electrons. The molecule has 2 aromatic carbocycles. The highest BCUT2D eigenvalue weighted by atomic mass is 16.7. The van der Waals surface area contributed by atoms with Crippen LogP contribution in [0.15, 0.2) is 48.7 Å². The van der Waals surface area contributed by atoms with Gasteiger partial charge in [-0.1, -0.05) is 18.2 Å².